The number of hydrogen-bond acceptors (Lipinski definition) is 4. The van der Waals surface area contributed by atoms with Crippen LogP contribution < -0.4 is 19.9 Å². The Labute approximate surface area is 150 Å². The van der Waals surface area contributed by atoms with Crippen LogP contribution >= 0.6 is 12.4 Å². The van der Waals surface area contributed by atoms with Gasteiger partial charge in [-0.1, -0.05) is 12.1 Å². The zero-order valence-electron chi connectivity index (χ0n) is 13.9. The third kappa shape index (κ3) is 5.17. The van der Waals surface area contributed by atoms with Crippen LogP contribution in [0.4, 0.5) is 13.2 Å². The number of halogens is 4. The summed E-state index contributed by atoms with van der Waals surface area (Å²) in [5.74, 6) is 0.797. The molecule has 0 aliphatic heterocycles. The lowest BCUT2D eigenvalue weighted by atomic mass is 9.96. The van der Waals surface area contributed by atoms with Crippen molar-refractivity contribution < 1.29 is 27.4 Å². The van der Waals surface area contributed by atoms with Gasteiger partial charge in [0.25, 0.3) is 0 Å². The molecule has 0 fully saturated rings. The molecule has 138 valence electrons. The first-order valence-corrected chi connectivity index (χ1v) is 7.09. The highest BCUT2D eigenvalue weighted by Gasteiger charge is 2.31. The zero-order valence-corrected chi connectivity index (χ0v) is 14.7. The molecule has 1 atom stereocenters. The van der Waals surface area contributed by atoms with Gasteiger partial charge in [0.2, 0.25) is 0 Å². The first kappa shape index (κ1) is 20.9. The summed E-state index contributed by atoms with van der Waals surface area (Å²) in [5, 5.41) is 0. The smallest absolute Gasteiger partial charge is 0.496 e. The number of hydrogen-bond donors (Lipinski definition) is 1. The average molecular weight is 378 g/mol. The van der Waals surface area contributed by atoms with E-state index in [1.165, 1.54) is 38.5 Å². The minimum absolute atomic E-state index is 0. The van der Waals surface area contributed by atoms with Gasteiger partial charge in [-0.15, -0.1) is 25.6 Å². The Bertz CT molecular complexity index is 680. The molecule has 0 aromatic heterocycles. The molecule has 0 aliphatic carbocycles. The summed E-state index contributed by atoms with van der Waals surface area (Å²) in [6.45, 7) is 1.89. The van der Waals surface area contributed by atoms with Crippen LogP contribution in [0.3, 0.4) is 0 Å². The number of ether oxygens (including phenoxy) is 3. The Hall–Kier alpha value is -2.12. The van der Waals surface area contributed by atoms with E-state index in [1.807, 2.05) is 19.1 Å². The van der Waals surface area contributed by atoms with Gasteiger partial charge < -0.3 is 19.9 Å². The number of methoxy groups -OCH3 is 2. The molecule has 0 spiro atoms. The Balaban J connectivity index is 0.00000312. The van der Waals surface area contributed by atoms with Gasteiger partial charge in [0.15, 0.2) is 0 Å². The minimum Gasteiger partial charge on any atom is -0.496 e. The van der Waals surface area contributed by atoms with Crippen LogP contribution in [0.15, 0.2) is 36.4 Å². The average Bonchev–Trinajstić information content (AvgIpc) is 2.52. The summed E-state index contributed by atoms with van der Waals surface area (Å²) in [4.78, 5) is 0. The van der Waals surface area contributed by atoms with E-state index in [-0.39, 0.29) is 18.2 Å². The first-order chi connectivity index (χ1) is 11.2. The molecule has 2 N–H and O–H groups in total. The lowest BCUT2D eigenvalue weighted by Gasteiger charge is -2.20. The van der Waals surface area contributed by atoms with Gasteiger partial charge in [0.1, 0.15) is 17.2 Å². The van der Waals surface area contributed by atoms with Crippen molar-refractivity contribution in [1.82, 2.24) is 0 Å². The zero-order chi connectivity index (χ0) is 17.9. The summed E-state index contributed by atoms with van der Waals surface area (Å²) in [6, 6.07) is 8.40. The molecule has 2 rings (SSSR count). The topological polar surface area (TPSA) is 53.7 Å². The van der Waals surface area contributed by atoms with E-state index in [4.69, 9.17) is 15.2 Å². The van der Waals surface area contributed by atoms with Crippen LogP contribution in [0.1, 0.15) is 22.7 Å². The highest BCUT2D eigenvalue weighted by Crippen LogP contribution is 2.37. The van der Waals surface area contributed by atoms with E-state index in [9.17, 15) is 13.2 Å². The van der Waals surface area contributed by atoms with Gasteiger partial charge >= 0.3 is 6.36 Å². The van der Waals surface area contributed by atoms with Crippen LogP contribution in [0, 0.1) is 6.92 Å². The van der Waals surface area contributed by atoms with Crippen molar-refractivity contribution in [2.45, 2.75) is 19.3 Å². The molecule has 0 saturated carbocycles. The molecule has 0 bridgehead atoms. The molecule has 0 radical (unpaired) electrons. The normalized spacial score (nSPS) is 12.1. The largest absolute Gasteiger partial charge is 0.573 e. The number of benzene rings is 2. The number of rotatable bonds is 5. The molecule has 4 nitrogen and oxygen atoms in total. The minimum atomic E-state index is -4.73. The Morgan fingerprint density at radius 2 is 1.44 bits per heavy atom. The van der Waals surface area contributed by atoms with Crippen molar-refractivity contribution in [3.05, 3.63) is 53.1 Å². The molecule has 8 heteroatoms. The standard InChI is InChI=1S/C17H18F3NO3.ClH/c1-10-8-13(22-2)15(14(9-10)23-3)16(21)11-4-6-12(7-5-11)24-17(18,19)20;/h4-9,16H,21H2,1-3H3;1H/t16-;/m1./s1. The molecule has 0 heterocycles. The number of alkyl halides is 3. The van der Waals surface area contributed by atoms with Gasteiger partial charge in [0, 0.05) is 0 Å². The summed E-state index contributed by atoms with van der Waals surface area (Å²) >= 11 is 0. The molecular formula is C17H19ClF3NO3. The van der Waals surface area contributed by atoms with E-state index in [0.29, 0.717) is 22.6 Å². The molecule has 25 heavy (non-hydrogen) atoms. The second-order valence-corrected chi connectivity index (χ2v) is 5.18. The fourth-order valence-corrected chi connectivity index (χ4v) is 2.42. The molecule has 0 amide bonds. The predicted molar refractivity (Wildman–Crippen MR) is 90.7 cm³/mol. The van der Waals surface area contributed by atoms with Crippen LogP contribution in [-0.4, -0.2) is 20.6 Å². The number of aryl methyl sites for hydroxylation is 1. The molecule has 2 aromatic carbocycles. The Morgan fingerprint density at radius 3 is 1.84 bits per heavy atom. The van der Waals surface area contributed by atoms with Crippen molar-refractivity contribution in [1.29, 1.82) is 0 Å². The van der Waals surface area contributed by atoms with Crippen LogP contribution in [-0.2, 0) is 0 Å². The molecule has 0 unspecified atom stereocenters. The van der Waals surface area contributed by atoms with Crippen LogP contribution in [0.25, 0.3) is 0 Å². The monoisotopic (exact) mass is 377 g/mol. The number of nitrogens with two attached hydrogens (primary N) is 1. The van der Waals surface area contributed by atoms with Crippen molar-refractivity contribution in [3.8, 4) is 17.2 Å². The summed E-state index contributed by atoms with van der Waals surface area (Å²) in [6.07, 6.45) is -4.73. The highest BCUT2D eigenvalue weighted by molar-refractivity contribution is 5.85. The maximum Gasteiger partial charge on any atom is 0.573 e. The van der Waals surface area contributed by atoms with Gasteiger partial charge in [0.05, 0.1) is 25.8 Å². The molecule has 2 aromatic rings. The van der Waals surface area contributed by atoms with E-state index in [2.05, 4.69) is 4.74 Å². The third-order valence-corrected chi connectivity index (χ3v) is 3.47. The fourth-order valence-electron chi connectivity index (χ4n) is 2.42. The van der Waals surface area contributed by atoms with Crippen molar-refractivity contribution in [3.63, 3.8) is 0 Å². The van der Waals surface area contributed by atoms with E-state index in [0.717, 1.165) is 5.56 Å². The van der Waals surface area contributed by atoms with Gasteiger partial charge in [-0.2, -0.15) is 0 Å². The van der Waals surface area contributed by atoms with Crippen molar-refractivity contribution in [2.75, 3.05) is 14.2 Å². The summed E-state index contributed by atoms with van der Waals surface area (Å²) in [5.41, 5.74) is 8.43. The molecular weight excluding hydrogens is 359 g/mol. The van der Waals surface area contributed by atoms with E-state index < -0.39 is 12.4 Å². The second-order valence-electron chi connectivity index (χ2n) is 5.18. The van der Waals surface area contributed by atoms with Gasteiger partial charge in [-0.05, 0) is 42.3 Å². The van der Waals surface area contributed by atoms with Crippen molar-refractivity contribution >= 4 is 12.4 Å². The predicted octanol–water partition coefficient (Wildman–Crippen LogP) is 4.38. The van der Waals surface area contributed by atoms with E-state index in [1.54, 1.807) is 0 Å². The van der Waals surface area contributed by atoms with Crippen LogP contribution in [0.2, 0.25) is 0 Å². The summed E-state index contributed by atoms with van der Waals surface area (Å²) < 4.78 is 51.3. The van der Waals surface area contributed by atoms with Gasteiger partial charge in [-0.3, -0.25) is 0 Å². The lowest BCUT2D eigenvalue weighted by Crippen LogP contribution is -2.17. The quantitative estimate of drug-likeness (QED) is 0.840. The maximum atomic E-state index is 12.2. The first-order valence-electron chi connectivity index (χ1n) is 7.09. The SMILES string of the molecule is COc1cc(C)cc(OC)c1[C@H](N)c1ccc(OC(F)(F)F)cc1.Cl. The lowest BCUT2D eigenvalue weighted by molar-refractivity contribution is -0.274. The maximum absolute atomic E-state index is 12.2. The van der Waals surface area contributed by atoms with Gasteiger partial charge in [-0.25, -0.2) is 0 Å². The Morgan fingerprint density at radius 1 is 0.960 bits per heavy atom. The second kappa shape index (κ2) is 8.31. The Kier molecular flexibility index (Phi) is 6.96. The fraction of sp³-hybridized carbons (Fsp3) is 0.294. The van der Waals surface area contributed by atoms with E-state index >= 15 is 0 Å². The molecule has 0 saturated heterocycles. The third-order valence-electron chi connectivity index (χ3n) is 3.47. The molecule has 0 aliphatic rings. The highest BCUT2D eigenvalue weighted by atomic mass is 35.5. The summed E-state index contributed by atoms with van der Waals surface area (Å²) in [7, 11) is 3.04. The van der Waals surface area contributed by atoms with Crippen molar-refractivity contribution in [2.24, 2.45) is 5.73 Å². The van der Waals surface area contributed by atoms with Crippen LogP contribution in [0.5, 0.6) is 17.2 Å².